The lowest BCUT2D eigenvalue weighted by molar-refractivity contribution is 0.165. The third kappa shape index (κ3) is 4.05. The average Bonchev–Trinajstić information content (AvgIpc) is 3.24. The van der Waals surface area contributed by atoms with Crippen LogP contribution < -0.4 is 5.32 Å². The summed E-state index contributed by atoms with van der Waals surface area (Å²) < 4.78 is 0. The second kappa shape index (κ2) is 6.06. The summed E-state index contributed by atoms with van der Waals surface area (Å²) in [6.45, 7) is 7.06. The van der Waals surface area contributed by atoms with E-state index in [1.165, 1.54) is 56.4 Å². The molecule has 2 fully saturated rings. The van der Waals surface area contributed by atoms with E-state index in [0.29, 0.717) is 0 Å². The molecular formula is C17H26N2. The third-order valence-corrected chi connectivity index (χ3v) is 4.40. The molecule has 1 unspecified atom stereocenters. The topological polar surface area (TPSA) is 15.3 Å². The van der Waals surface area contributed by atoms with E-state index >= 15 is 0 Å². The first kappa shape index (κ1) is 13.1. The zero-order chi connectivity index (χ0) is 13.1. The van der Waals surface area contributed by atoms with Crippen LogP contribution in [0.4, 0.5) is 0 Å². The maximum Gasteiger partial charge on any atom is 0.0233 e. The number of rotatable bonds is 5. The lowest BCUT2D eigenvalue weighted by atomic mass is 9.97. The largest absolute Gasteiger partial charge is 0.314 e. The maximum absolute atomic E-state index is 3.69. The highest BCUT2D eigenvalue weighted by atomic mass is 15.1. The number of nitrogens with zero attached hydrogens (tertiary/aromatic N) is 1. The van der Waals surface area contributed by atoms with Crippen LogP contribution in [0.2, 0.25) is 0 Å². The van der Waals surface area contributed by atoms with Gasteiger partial charge in [0, 0.05) is 19.1 Å². The summed E-state index contributed by atoms with van der Waals surface area (Å²) in [6.07, 6.45) is 5.58. The van der Waals surface area contributed by atoms with E-state index in [2.05, 4.69) is 41.4 Å². The molecule has 1 aliphatic carbocycles. The van der Waals surface area contributed by atoms with Crippen molar-refractivity contribution < 1.29 is 0 Å². The minimum atomic E-state index is 0.854. The first-order chi connectivity index (χ1) is 9.29. The summed E-state index contributed by atoms with van der Waals surface area (Å²) in [5, 5.41) is 3.69. The fourth-order valence-corrected chi connectivity index (χ4v) is 3.03. The molecule has 104 valence electrons. The van der Waals surface area contributed by atoms with Crippen LogP contribution in [0.1, 0.15) is 36.8 Å². The molecule has 3 rings (SSSR count). The number of benzene rings is 1. The monoisotopic (exact) mass is 258 g/mol. The van der Waals surface area contributed by atoms with E-state index in [1.807, 2.05) is 0 Å². The van der Waals surface area contributed by atoms with Gasteiger partial charge in [-0.2, -0.15) is 0 Å². The Balaban J connectivity index is 1.48. The van der Waals surface area contributed by atoms with Crippen LogP contribution in [0.25, 0.3) is 0 Å². The molecule has 1 N–H and O–H groups in total. The van der Waals surface area contributed by atoms with E-state index in [1.54, 1.807) is 0 Å². The SMILES string of the molecule is Cc1ccc(CN2CCCC(CNC3CC3)C2)cc1. The molecule has 1 saturated carbocycles. The van der Waals surface area contributed by atoms with Gasteiger partial charge in [-0.3, -0.25) is 4.90 Å². The van der Waals surface area contributed by atoms with Crippen LogP contribution in [0.15, 0.2) is 24.3 Å². The summed E-state index contributed by atoms with van der Waals surface area (Å²) in [7, 11) is 0. The van der Waals surface area contributed by atoms with Crippen molar-refractivity contribution in [2.24, 2.45) is 5.92 Å². The number of aryl methyl sites for hydroxylation is 1. The van der Waals surface area contributed by atoms with Gasteiger partial charge in [0.25, 0.3) is 0 Å². The molecule has 1 aliphatic heterocycles. The van der Waals surface area contributed by atoms with Gasteiger partial charge in [-0.25, -0.2) is 0 Å². The van der Waals surface area contributed by atoms with Crippen molar-refractivity contribution in [2.45, 2.75) is 45.2 Å². The Hall–Kier alpha value is -0.860. The van der Waals surface area contributed by atoms with Gasteiger partial charge in [-0.1, -0.05) is 29.8 Å². The van der Waals surface area contributed by atoms with Gasteiger partial charge in [0.15, 0.2) is 0 Å². The van der Waals surface area contributed by atoms with Gasteiger partial charge in [-0.15, -0.1) is 0 Å². The molecule has 1 saturated heterocycles. The number of piperidine rings is 1. The minimum absolute atomic E-state index is 0.854. The molecule has 0 radical (unpaired) electrons. The van der Waals surface area contributed by atoms with Gasteiger partial charge in [-0.05, 0) is 57.2 Å². The van der Waals surface area contributed by atoms with Crippen LogP contribution in [0, 0.1) is 12.8 Å². The molecule has 2 aliphatic rings. The molecule has 0 amide bonds. The molecule has 1 aromatic carbocycles. The summed E-state index contributed by atoms with van der Waals surface area (Å²) in [4.78, 5) is 2.63. The Kier molecular flexibility index (Phi) is 4.19. The van der Waals surface area contributed by atoms with Crippen LogP contribution in [0.3, 0.4) is 0 Å². The molecule has 1 heterocycles. The summed E-state index contributed by atoms with van der Waals surface area (Å²) in [6, 6.07) is 9.87. The van der Waals surface area contributed by atoms with E-state index in [4.69, 9.17) is 0 Å². The second-order valence-corrected chi connectivity index (χ2v) is 6.41. The predicted octanol–water partition coefficient (Wildman–Crippen LogP) is 2.96. The van der Waals surface area contributed by atoms with E-state index in [9.17, 15) is 0 Å². The average molecular weight is 258 g/mol. The summed E-state index contributed by atoms with van der Waals surface area (Å²) in [5.74, 6) is 0.861. The van der Waals surface area contributed by atoms with Crippen molar-refractivity contribution in [1.82, 2.24) is 10.2 Å². The van der Waals surface area contributed by atoms with Crippen molar-refractivity contribution in [3.8, 4) is 0 Å². The van der Waals surface area contributed by atoms with E-state index < -0.39 is 0 Å². The van der Waals surface area contributed by atoms with Crippen molar-refractivity contribution in [1.29, 1.82) is 0 Å². The standard InChI is InChI=1S/C17H26N2/c1-14-4-6-15(7-5-14)12-19-10-2-3-16(13-19)11-18-17-8-9-17/h4-7,16-18H,2-3,8-13H2,1H3. The Labute approximate surface area is 117 Å². The highest BCUT2D eigenvalue weighted by Crippen LogP contribution is 2.22. The molecule has 1 aromatic rings. The molecule has 1 atom stereocenters. The highest BCUT2D eigenvalue weighted by molar-refractivity contribution is 5.21. The van der Waals surface area contributed by atoms with Gasteiger partial charge in [0.05, 0.1) is 0 Å². The molecule has 0 spiro atoms. The van der Waals surface area contributed by atoms with Crippen LogP contribution in [-0.2, 0) is 6.54 Å². The molecule has 2 nitrogen and oxygen atoms in total. The first-order valence-electron chi connectivity index (χ1n) is 7.81. The quantitative estimate of drug-likeness (QED) is 0.873. The van der Waals surface area contributed by atoms with Gasteiger partial charge >= 0.3 is 0 Å². The highest BCUT2D eigenvalue weighted by Gasteiger charge is 2.24. The van der Waals surface area contributed by atoms with Crippen LogP contribution in [0.5, 0.6) is 0 Å². The third-order valence-electron chi connectivity index (χ3n) is 4.40. The lowest BCUT2D eigenvalue weighted by Gasteiger charge is -2.33. The molecule has 0 bridgehead atoms. The van der Waals surface area contributed by atoms with E-state index in [-0.39, 0.29) is 0 Å². The van der Waals surface area contributed by atoms with Crippen LogP contribution >= 0.6 is 0 Å². The Morgan fingerprint density at radius 2 is 1.95 bits per heavy atom. The Morgan fingerprint density at radius 1 is 1.16 bits per heavy atom. The van der Waals surface area contributed by atoms with Crippen molar-refractivity contribution in [2.75, 3.05) is 19.6 Å². The normalized spacial score (nSPS) is 24.6. The van der Waals surface area contributed by atoms with Gasteiger partial charge in [0.1, 0.15) is 0 Å². The van der Waals surface area contributed by atoms with E-state index in [0.717, 1.165) is 18.5 Å². The fraction of sp³-hybridized carbons (Fsp3) is 0.647. The Bertz CT molecular complexity index is 394. The van der Waals surface area contributed by atoms with Crippen molar-refractivity contribution in [3.05, 3.63) is 35.4 Å². The zero-order valence-electron chi connectivity index (χ0n) is 12.1. The lowest BCUT2D eigenvalue weighted by Crippen LogP contribution is -2.39. The fourth-order valence-electron chi connectivity index (χ4n) is 3.03. The second-order valence-electron chi connectivity index (χ2n) is 6.41. The summed E-state index contributed by atoms with van der Waals surface area (Å²) in [5.41, 5.74) is 2.82. The number of nitrogens with one attached hydrogen (secondary N) is 1. The van der Waals surface area contributed by atoms with Crippen molar-refractivity contribution in [3.63, 3.8) is 0 Å². The number of hydrogen-bond donors (Lipinski definition) is 1. The molecular weight excluding hydrogens is 232 g/mol. The molecule has 2 heteroatoms. The van der Waals surface area contributed by atoms with Gasteiger partial charge in [0.2, 0.25) is 0 Å². The Morgan fingerprint density at radius 3 is 2.68 bits per heavy atom. The molecule has 0 aromatic heterocycles. The van der Waals surface area contributed by atoms with Gasteiger partial charge < -0.3 is 5.32 Å². The maximum atomic E-state index is 3.69. The zero-order valence-corrected chi connectivity index (χ0v) is 12.1. The minimum Gasteiger partial charge on any atom is -0.314 e. The number of likely N-dealkylation sites (tertiary alicyclic amines) is 1. The van der Waals surface area contributed by atoms with Crippen molar-refractivity contribution >= 4 is 0 Å². The smallest absolute Gasteiger partial charge is 0.0233 e. The predicted molar refractivity (Wildman–Crippen MR) is 80.2 cm³/mol. The summed E-state index contributed by atoms with van der Waals surface area (Å²) >= 11 is 0. The first-order valence-corrected chi connectivity index (χ1v) is 7.81. The molecule has 19 heavy (non-hydrogen) atoms. The number of hydrogen-bond acceptors (Lipinski definition) is 2. The van der Waals surface area contributed by atoms with Crippen LogP contribution in [-0.4, -0.2) is 30.6 Å².